The van der Waals surface area contributed by atoms with Gasteiger partial charge in [0.2, 0.25) is 0 Å². The number of hydrogen-bond donors (Lipinski definition) is 1. The topological polar surface area (TPSA) is 89.4 Å². The largest absolute Gasteiger partial charge is 0.383 e. The van der Waals surface area contributed by atoms with Crippen LogP contribution in [0.3, 0.4) is 0 Å². The second-order valence-corrected chi connectivity index (χ2v) is 6.91. The quantitative estimate of drug-likeness (QED) is 0.704. The highest BCUT2D eigenvalue weighted by Crippen LogP contribution is 2.23. The van der Waals surface area contributed by atoms with E-state index in [9.17, 15) is 14.0 Å². The van der Waals surface area contributed by atoms with Crippen molar-refractivity contribution in [1.82, 2.24) is 25.2 Å². The maximum absolute atomic E-state index is 13.4. The van der Waals surface area contributed by atoms with E-state index in [1.54, 1.807) is 22.9 Å². The van der Waals surface area contributed by atoms with Gasteiger partial charge in [-0.2, -0.15) is 0 Å². The smallest absolute Gasteiger partial charge is 0.273 e. The van der Waals surface area contributed by atoms with Crippen molar-refractivity contribution < 1.29 is 18.7 Å². The summed E-state index contributed by atoms with van der Waals surface area (Å²) in [6.45, 7) is 1.80. The lowest BCUT2D eigenvalue weighted by atomic mass is 10.1. The molecule has 1 aliphatic heterocycles. The number of benzene rings is 1. The molecule has 3 rings (SSSR count). The summed E-state index contributed by atoms with van der Waals surface area (Å²) in [6.07, 6.45) is 3.21. The van der Waals surface area contributed by atoms with Gasteiger partial charge in [0.25, 0.3) is 11.8 Å². The number of amides is 2. The lowest BCUT2D eigenvalue weighted by Crippen LogP contribution is -2.38. The lowest BCUT2D eigenvalue weighted by Gasteiger charge is -2.24. The first-order valence-corrected chi connectivity index (χ1v) is 9.30. The van der Waals surface area contributed by atoms with Gasteiger partial charge in [0, 0.05) is 25.8 Å². The molecule has 1 atom stereocenters. The molecule has 0 saturated carbocycles. The zero-order valence-corrected chi connectivity index (χ0v) is 16.2. The number of aromatic nitrogens is 3. The van der Waals surface area contributed by atoms with Gasteiger partial charge < -0.3 is 15.0 Å². The van der Waals surface area contributed by atoms with Gasteiger partial charge >= 0.3 is 0 Å². The summed E-state index contributed by atoms with van der Waals surface area (Å²) in [5.41, 5.74) is 0.549. The summed E-state index contributed by atoms with van der Waals surface area (Å²) in [4.78, 5) is 26.5. The summed E-state index contributed by atoms with van der Waals surface area (Å²) < 4.78 is 19.8. The van der Waals surface area contributed by atoms with E-state index in [4.69, 9.17) is 16.3 Å². The van der Waals surface area contributed by atoms with Crippen LogP contribution in [0.1, 0.15) is 33.7 Å². The molecule has 1 unspecified atom stereocenters. The number of nitrogens with one attached hydrogen (secondary N) is 1. The molecule has 28 heavy (non-hydrogen) atoms. The average molecular weight is 410 g/mol. The number of carbonyl (C=O) groups is 2. The van der Waals surface area contributed by atoms with Crippen molar-refractivity contribution in [1.29, 1.82) is 0 Å². The zero-order chi connectivity index (χ0) is 20.1. The van der Waals surface area contributed by atoms with Crippen molar-refractivity contribution in [2.75, 3.05) is 26.8 Å². The van der Waals surface area contributed by atoms with E-state index in [1.165, 1.54) is 18.2 Å². The first kappa shape index (κ1) is 20.2. The molecule has 0 radical (unpaired) electrons. The fourth-order valence-electron chi connectivity index (χ4n) is 3.15. The van der Waals surface area contributed by atoms with E-state index in [0.717, 1.165) is 12.8 Å². The number of hydrogen-bond acceptors (Lipinski definition) is 5. The first-order chi connectivity index (χ1) is 13.5. The third-order valence-corrected chi connectivity index (χ3v) is 4.86. The molecule has 150 valence electrons. The third-order valence-electron chi connectivity index (χ3n) is 4.57. The van der Waals surface area contributed by atoms with Gasteiger partial charge in [0.1, 0.15) is 5.82 Å². The van der Waals surface area contributed by atoms with E-state index < -0.39 is 5.82 Å². The Morgan fingerprint density at radius 1 is 1.43 bits per heavy atom. The van der Waals surface area contributed by atoms with Gasteiger partial charge in [-0.3, -0.25) is 9.59 Å². The fourth-order valence-corrected chi connectivity index (χ4v) is 3.33. The Labute approximate surface area is 166 Å². The highest BCUT2D eigenvalue weighted by Gasteiger charge is 2.30. The van der Waals surface area contributed by atoms with Crippen LogP contribution >= 0.6 is 11.6 Å². The Morgan fingerprint density at radius 2 is 2.25 bits per heavy atom. The van der Waals surface area contributed by atoms with Crippen LogP contribution in [0.2, 0.25) is 5.02 Å². The van der Waals surface area contributed by atoms with E-state index in [-0.39, 0.29) is 28.6 Å². The maximum atomic E-state index is 13.4. The molecule has 1 N–H and O–H groups in total. The van der Waals surface area contributed by atoms with Gasteiger partial charge in [-0.15, -0.1) is 5.10 Å². The maximum Gasteiger partial charge on any atom is 0.273 e. The Hall–Kier alpha value is -2.52. The number of halogens is 2. The molecule has 1 fully saturated rings. The summed E-state index contributed by atoms with van der Waals surface area (Å²) in [6, 6.07) is 3.86. The molecule has 2 amide bonds. The fraction of sp³-hybridized carbons (Fsp3) is 0.444. The highest BCUT2D eigenvalue weighted by molar-refractivity contribution is 6.31. The van der Waals surface area contributed by atoms with E-state index in [0.29, 0.717) is 31.8 Å². The summed E-state index contributed by atoms with van der Waals surface area (Å²) >= 11 is 5.79. The normalized spacial score (nSPS) is 16.4. The predicted molar refractivity (Wildman–Crippen MR) is 99.7 cm³/mol. The number of nitrogens with zero attached hydrogens (tertiary/aromatic N) is 4. The minimum atomic E-state index is -0.560. The second-order valence-electron chi connectivity index (χ2n) is 6.50. The SMILES string of the molecule is COCCNC(=O)c1cn(CC2CCCN2C(=O)c2ccc(F)c(Cl)c2)nn1. The third kappa shape index (κ3) is 4.66. The molecule has 1 saturated heterocycles. The molecule has 1 aliphatic rings. The minimum Gasteiger partial charge on any atom is -0.383 e. The number of likely N-dealkylation sites (tertiary alicyclic amines) is 1. The predicted octanol–water partition coefficient (Wildman–Crippen LogP) is 1.75. The van der Waals surface area contributed by atoms with Crippen LogP contribution in [0.25, 0.3) is 0 Å². The zero-order valence-electron chi connectivity index (χ0n) is 15.4. The molecule has 8 nitrogen and oxygen atoms in total. The van der Waals surface area contributed by atoms with Gasteiger partial charge in [0.05, 0.1) is 30.4 Å². The van der Waals surface area contributed by atoms with Crippen LogP contribution in [-0.4, -0.2) is 64.6 Å². The van der Waals surface area contributed by atoms with Crippen LogP contribution in [-0.2, 0) is 11.3 Å². The Balaban J connectivity index is 1.64. The van der Waals surface area contributed by atoms with Crippen molar-refractivity contribution in [3.05, 3.63) is 46.5 Å². The minimum absolute atomic E-state index is 0.0815. The van der Waals surface area contributed by atoms with Crippen molar-refractivity contribution in [3.8, 4) is 0 Å². The summed E-state index contributed by atoms with van der Waals surface area (Å²) in [5.74, 6) is -1.10. The van der Waals surface area contributed by atoms with Crippen molar-refractivity contribution in [2.24, 2.45) is 0 Å². The molecule has 10 heteroatoms. The standard InChI is InChI=1S/C18H21ClFN5O3/c1-28-8-6-21-17(26)16-11-24(23-22-16)10-13-3-2-7-25(13)18(27)12-4-5-15(20)14(19)9-12/h4-5,9,11,13H,2-3,6-8,10H2,1H3,(H,21,26). The molecule has 1 aromatic carbocycles. The molecule has 0 aliphatic carbocycles. The average Bonchev–Trinajstić information content (AvgIpc) is 3.33. The van der Waals surface area contributed by atoms with Crippen molar-refractivity contribution >= 4 is 23.4 Å². The first-order valence-electron chi connectivity index (χ1n) is 8.93. The second kappa shape index (κ2) is 9.11. The number of rotatable bonds is 7. The molecule has 1 aromatic heterocycles. The summed E-state index contributed by atoms with van der Waals surface area (Å²) in [5, 5.41) is 10.5. The number of methoxy groups -OCH3 is 1. The molecule has 0 spiro atoms. The van der Waals surface area contributed by atoms with E-state index >= 15 is 0 Å². The van der Waals surface area contributed by atoms with E-state index in [1.807, 2.05) is 0 Å². The lowest BCUT2D eigenvalue weighted by molar-refractivity contribution is 0.0720. The molecule has 0 bridgehead atoms. The van der Waals surface area contributed by atoms with Crippen LogP contribution in [0.4, 0.5) is 4.39 Å². The van der Waals surface area contributed by atoms with Gasteiger partial charge in [-0.25, -0.2) is 9.07 Å². The number of carbonyl (C=O) groups excluding carboxylic acids is 2. The van der Waals surface area contributed by atoms with Crippen molar-refractivity contribution in [3.63, 3.8) is 0 Å². The molecular formula is C18H21ClFN5O3. The van der Waals surface area contributed by atoms with Gasteiger partial charge in [-0.05, 0) is 31.0 Å². The Bertz CT molecular complexity index is 859. The monoisotopic (exact) mass is 409 g/mol. The number of ether oxygens (including phenoxy) is 1. The van der Waals surface area contributed by atoms with Crippen LogP contribution < -0.4 is 5.32 Å². The molecular weight excluding hydrogens is 389 g/mol. The Kier molecular flexibility index (Phi) is 6.58. The van der Waals surface area contributed by atoms with Gasteiger partial charge in [0.15, 0.2) is 5.69 Å². The van der Waals surface area contributed by atoms with E-state index in [2.05, 4.69) is 15.6 Å². The molecule has 2 aromatic rings. The van der Waals surface area contributed by atoms with Crippen molar-refractivity contribution in [2.45, 2.75) is 25.4 Å². The Morgan fingerprint density at radius 3 is 3.00 bits per heavy atom. The highest BCUT2D eigenvalue weighted by atomic mass is 35.5. The van der Waals surface area contributed by atoms with Crippen LogP contribution in [0.5, 0.6) is 0 Å². The summed E-state index contributed by atoms with van der Waals surface area (Å²) in [7, 11) is 1.55. The molecule has 2 heterocycles. The van der Waals surface area contributed by atoms with Crippen LogP contribution in [0, 0.1) is 5.82 Å². The van der Waals surface area contributed by atoms with Gasteiger partial charge in [-0.1, -0.05) is 16.8 Å². The van der Waals surface area contributed by atoms with Crippen LogP contribution in [0.15, 0.2) is 24.4 Å².